The number of hydrogen-bond acceptors (Lipinski definition) is 3. The maximum atomic E-state index is 11.2. The van der Waals surface area contributed by atoms with Crippen LogP contribution in [0.3, 0.4) is 0 Å². The Bertz CT molecular complexity index is 511. The van der Waals surface area contributed by atoms with E-state index in [1.165, 1.54) is 18.2 Å². The second-order valence-electron chi connectivity index (χ2n) is 3.18. The molecule has 1 aromatic carbocycles. The minimum absolute atomic E-state index is 0.0382. The molecule has 1 fully saturated rings. The summed E-state index contributed by atoms with van der Waals surface area (Å²) in [6, 6.07) is 3.91. The number of nitrogens with one attached hydrogen (secondary N) is 2. The van der Waals surface area contributed by atoms with Gasteiger partial charge in [0.25, 0.3) is 5.91 Å². The highest BCUT2D eigenvalue weighted by Crippen LogP contribution is 2.24. The summed E-state index contributed by atoms with van der Waals surface area (Å²) in [5, 5.41) is 13.8. The third kappa shape index (κ3) is 1.99. The average Bonchev–Trinajstić information content (AvgIpc) is 2.51. The average molecular weight is 239 g/mol. The molecule has 0 radical (unpaired) electrons. The minimum atomic E-state index is -0.555. The van der Waals surface area contributed by atoms with Gasteiger partial charge in [0.2, 0.25) is 0 Å². The fourth-order valence-corrected chi connectivity index (χ4v) is 1.45. The molecule has 1 aliphatic rings. The van der Waals surface area contributed by atoms with Gasteiger partial charge in [0.1, 0.15) is 11.4 Å². The number of aromatic hydroxyl groups is 1. The molecule has 1 aliphatic heterocycles. The highest BCUT2D eigenvalue weighted by Gasteiger charge is 2.22. The van der Waals surface area contributed by atoms with E-state index >= 15 is 0 Å². The van der Waals surface area contributed by atoms with Gasteiger partial charge in [-0.15, -0.1) is 0 Å². The van der Waals surface area contributed by atoms with Crippen LogP contribution in [0, 0.1) is 0 Å². The van der Waals surface area contributed by atoms with Crippen LogP contribution in [0.2, 0.25) is 5.02 Å². The number of urea groups is 1. The molecule has 3 N–H and O–H groups in total. The van der Waals surface area contributed by atoms with Gasteiger partial charge in [-0.05, 0) is 23.8 Å². The lowest BCUT2D eigenvalue weighted by Crippen LogP contribution is -2.22. The molecule has 0 aliphatic carbocycles. The van der Waals surface area contributed by atoms with Crippen molar-refractivity contribution in [3.63, 3.8) is 0 Å². The Labute approximate surface area is 95.7 Å². The van der Waals surface area contributed by atoms with Gasteiger partial charge in [-0.3, -0.25) is 10.1 Å². The number of carbonyl (C=O) groups is 2. The predicted molar refractivity (Wildman–Crippen MR) is 57.8 cm³/mol. The monoisotopic (exact) mass is 238 g/mol. The highest BCUT2D eigenvalue weighted by molar-refractivity contribution is 6.32. The molecule has 3 amide bonds. The van der Waals surface area contributed by atoms with E-state index in [2.05, 4.69) is 10.6 Å². The first-order valence-electron chi connectivity index (χ1n) is 4.39. The first kappa shape index (κ1) is 10.5. The summed E-state index contributed by atoms with van der Waals surface area (Å²) in [4.78, 5) is 22.0. The van der Waals surface area contributed by atoms with E-state index in [9.17, 15) is 14.7 Å². The fourth-order valence-electron chi connectivity index (χ4n) is 1.26. The van der Waals surface area contributed by atoms with E-state index in [-0.39, 0.29) is 16.5 Å². The van der Waals surface area contributed by atoms with Crippen molar-refractivity contribution in [2.45, 2.75) is 0 Å². The molecule has 0 atom stereocenters. The number of halogens is 1. The topological polar surface area (TPSA) is 78.4 Å². The summed E-state index contributed by atoms with van der Waals surface area (Å²) >= 11 is 5.70. The molecule has 16 heavy (non-hydrogen) atoms. The van der Waals surface area contributed by atoms with Crippen molar-refractivity contribution in [1.82, 2.24) is 10.6 Å². The third-order valence-corrected chi connectivity index (χ3v) is 2.31. The standard InChI is InChI=1S/C10H7ClN2O3/c11-6-3-5(1-2-8(6)14)4-7-9(15)13-10(16)12-7/h1-4,14H,(H2,12,13,15,16). The first-order valence-corrected chi connectivity index (χ1v) is 4.76. The predicted octanol–water partition coefficient (Wildman–Crippen LogP) is 1.23. The van der Waals surface area contributed by atoms with Crippen LogP contribution in [0.5, 0.6) is 5.75 Å². The van der Waals surface area contributed by atoms with Crippen LogP contribution in [0.15, 0.2) is 23.9 Å². The summed E-state index contributed by atoms with van der Waals surface area (Å²) in [6.45, 7) is 0. The summed E-state index contributed by atoms with van der Waals surface area (Å²) in [7, 11) is 0. The Hall–Kier alpha value is -2.01. The van der Waals surface area contributed by atoms with Crippen LogP contribution in [0.25, 0.3) is 6.08 Å². The van der Waals surface area contributed by atoms with Crippen molar-refractivity contribution in [2.24, 2.45) is 0 Å². The molecule has 1 aromatic rings. The van der Waals surface area contributed by atoms with Gasteiger partial charge >= 0.3 is 6.03 Å². The van der Waals surface area contributed by atoms with Crippen molar-refractivity contribution in [3.8, 4) is 5.75 Å². The van der Waals surface area contributed by atoms with Crippen LogP contribution in [-0.2, 0) is 4.79 Å². The van der Waals surface area contributed by atoms with Crippen LogP contribution < -0.4 is 10.6 Å². The Kier molecular flexibility index (Phi) is 2.54. The Morgan fingerprint density at radius 2 is 2.00 bits per heavy atom. The largest absolute Gasteiger partial charge is 0.506 e. The number of carbonyl (C=O) groups excluding carboxylic acids is 2. The number of hydrogen-bond donors (Lipinski definition) is 3. The number of phenolic OH excluding ortho intramolecular Hbond substituents is 1. The lowest BCUT2D eigenvalue weighted by Gasteiger charge is -1.99. The van der Waals surface area contributed by atoms with Crippen LogP contribution in [0.4, 0.5) is 4.79 Å². The molecular weight excluding hydrogens is 232 g/mol. The fraction of sp³-hybridized carbons (Fsp3) is 0. The number of phenols is 1. The number of benzene rings is 1. The van der Waals surface area contributed by atoms with E-state index in [1.807, 2.05) is 0 Å². The second-order valence-corrected chi connectivity index (χ2v) is 3.58. The van der Waals surface area contributed by atoms with Crippen molar-refractivity contribution < 1.29 is 14.7 Å². The van der Waals surface area contributed by atoms with Crippen LogP contribution in [0.1, 0.15) is 5.56 Å². The van der Waals surface area contributed by atoms with Gasteiger partial charge in [-0.25, -0.2) is 4.79 Å². The maximum Gasteiger partial charge on any atom is 0.326 e. The normalized spacial score (nSPS) is 17.4. The molecule has 5 nitrogen and oxygen atoms in total. The van der Waals surface area contributed by atoms with Crippen molar-refractivity contribution in [2.75, 3.05) is 0 Å². The van der Waals surface area contributed by atoms with Crippen molar-refractivity contribution in [3.05, 3.63) is 34.5 Å². The first-order chi connectivity index (χ1) is 7.56. The smallest absolute Gasteiger partial charge is 0.326 e. The zero-order valence-corrected chi connectivity index (χ0v) is 8.71. The minimum Gasteiger partial charge on any atom is -0.506 e. The lowest BCUT2D eigenvalue weighted by atomic mass is 10.2. The molecule has 1 heterocycles. The summed E-state index contributed by atoms with van der Waals surface area (Å²) in [6.07, 6.45) is 1.46. The Morgan fingerprint density at radius 3 is 2.56 bits per heavy atom. The SMILES string of the molecule is O=C1NC(=O)C(=Cc2ccc(O)c(Cl)c2)N1. The van der Waals surface area contributed by atoms with Gasteiger partial charge < -0.3 is 10.4 Å². The number of amides is 3. The van der Waals surface area contributed by atoms with Crippen molar-refractivity contribution in [1.29, 1.82) is 0 Å². The number of imide groups is 1. The van der Waals surface area contributed by atoms with E-state index < -0.39 is 11.9 Å². The Balaban J connectivity index is 2.32. The van der Waals surface area contributed by atoms with Crippen molar-refractivity contribution >= 4 is 29.6 Å². The molecule has 6 heteroatoms. The van der Waals surface area contributed by atoms with Crippen LogP contribution >= 0.6 is 11.6 Å². The quantitative estimate of drug-likeness (QED) is 0.509. The molecule has 0 saturated carbocycles. The molecule has 1 saturated heterocycles. The summed E-state index contributed by atoms with van der Waals surface area (Å²) in [5.41, 5.74) is 0.752. The zero-order valence-electron chi connectivity index (χ0n) is 7.95. The van der Waals surface area contributed by atoms with Gasteiger partial charge in [-0.1, -0.05) is 17.7 Å². The van der Waals surface area contributed by atoms with E-state index in [4.69, 9.17) is 11.6 Å². The molecule has 0 aromatic heterocycles. The van der Waals surface area contributed by atoms with Gasteiger partial charge in [0.15, 0.2) is 0 Å². The molecule has 0 unspecified atom stereocenters. The zero-order chi connectivity index (χ0) is 11.7. The van der Waals surface area contributed by atoms with Gasteiger partial charge in [0, 0.05) is 0 Å². The highest BCUT2D eigenvalue weighted by atomic mass is 35.5. The summed E-state index contributed by atoms with van der Waals surface area (Å²) < 4.78 is 0. The second kappa shape index (κ2) is 3.86. The van der Waals surface area contributed by atoms with E-state index in [0.29, 0.717) is 5.56 Å². The van der Waals surface area contributed by atoms with Gasteiger partial charge in [0.05, 0.1) is 5.02 Å². The molecule has 0 bridgehead atoms. The molecule has 2 rings (SSSR count). The van der Waals surface area contributed by atoms with Gasteiger partial charge in [-0.2, -0.15) is 0 Å². The van der Waals surface area contributed by atoms with E-state index in [0.717, 1.165) is 0 Å². The van der Waals surface area contributed by atoms with E-state index in [1.54, 1.807) is 6.07 Å². The molecule has 82 valence electrons. The maximum absolute atomic E-state index is 11.2. The van der Waals surface area contributed by atoms with Crippen LogP contribution in [-0.4, -0.2) is 17.0 Å². The molecular formula is C10H7ClN2O3. The molecule has 0 spiro atoms. The number of rotatable bonds is 1. The summed E-state index contributed by atoms with van der Waals surface area (Å²) in [5.74, 6) is -0.530. The lowest BCUT2D eigenvalue weighted by molar-refractivity contribution is -0.115. The third-order valence-electron chi connectivity index (χ3n) is 2.00. The Morgan fingerprint density at radius 1 is 1.25 bits per heavy atom.